The third-order valence-electron chi connectivity index (χ3n) is 2.92. The van der Waals surface area contributed by atoms with Crippen LogP contribution in [0, 0.1) is 6.92 Å². The Hall–Kier alpha value is -1.81. The number of nitrogens with zero attached hydrogens (tertiary/aromatic N) is 2. The van der Waals surface area contributed by atoms with Gasteiger partial charge in [0.2, 0.25) is 0 Å². The van der Waals surface area contributed by atoms with Crippen molar-refractivity contribution in [2.75, 3.05) is 11.9 Å². The van der Waals surface area contributed by atoms with Crippen LogP contribution in [-0.4, -0.2) is 21.5 Å². The molecular formula is C14H19N3O. The second-order valence-corrected chi connectivity index (χ2v) is 4.38. The number of aryl methyl sites for hydroxylation is 2. The summed E-state index contributed by atoms with van der Waals surface area (Å²) >= 11 is 0. The first-order chi connectivity index (χ1) is 8.72. The second-order valence-electron chi connectivity index (χ2n) is 4.38. The second kappa shape index (κ2) is 5.69. The van der Waals surface area contributed by atoms with Crippen molar-refractivity contribution in [2.24, 2.45) is 0 Å². The normalized spacial score (nSPS) is 12.4. The fourth-order valence-corrected chi connectivity index (χ4v) is 1.90. The van der Waals surface area contributed by atoms with Crippen LogP contribution >= 0.6 is 0 Å². The van der Waals surface area contributed by atoms with Gasteiger partial charge in [0.25, 0.3) is 0 Å². The molecule has 4 heteroatoms. The van der Waals surface area contributed by atoms with Gasteiger partial charge in [0, 0.05) is 24.0 Å². The zero-order valence-corrected chi connectivity index (χ0v) is 10.8. The van der Waals surface area contributed by atoms with Gasteiger partial charge < -0.3 is 10.4 Å². The molecule has 1 aromatic carbocycles. The van der Waals surface area contributed by atoms with Crippen LogP contribution in [0.5, 0.6) is 0 Å². The molecule has 2 aromatic rings. The van der Waals surface area contributed by atoms with Crippen LogP contribution in [0.4, 0.5) is 5.69 Å². The highest BCUT2D eigenvalue weighted by Crippen LogP contribution is 2.19. The van der Waals surface area contributed by atoms with Crippen molar-refractivity contribution in [2.45, 2.75) is 26.4 Å². The first-order valence-electron chi connectivity index (χ1n) is 6.19. The number of hydrogen-bond acceptors (Lipinski definition) is 3. The van der Waals surface area contributed by atoms with E-state index in [-0.39, 0.29) is 12.6 Å². The van der Waals surface area contributed by atoms with E-state index in [0.29, 0.717) is 0 Å². The molecule has 0 aliphatic heterocycles. The highest BCUT2D eigenvalue weighted by molar-refractivity contribution is 5.47. The molecule has 1 atom stereocenters. The number of aliphatic hydroxyl groups excluding tert-OH is 1. The van der Waals surface area contributed by atoms with E-state index in [0.717, 1.165) is 17.8 Å². The van der Waals surface area contributed by atoms with E-state index in [1.165, 1.54) is 5.56 Å². The highest BCUT2D eigenvalue weighted by Gasteiger charge is 2.12. The van der Waals surface area contributed by atoms with Gasteiger partial charge in [0.05, 0.1) is 18.8 Å². The Morgan fingerprint density at radius 3 is 2.89 bits per heavy atom. The van der Waals surface area contributed by atoms with E-state index in [9.17, 15) is 5.11 Å². The van der Waals surface area contributed by atoms with Gasteiger partial charge in [-0.25, -0.2) is 0 Å². The van der Waals surface area contributed by atoms with Crippen LogP contribution < -0.4 is 5.32 Å². The number of benzene rings is 1. The van der Waals surface area contributed by atoms with Gasteiger partial charge in [-0.3, -0.25) is 4.68 Å². The molecule has 0 spiro atoms. The Labute approximate surface area is 107 Å². The summed E-state index contributed by atoms with van der Waals surface area (Å²) in [5, 5.41) is 17.0. The third kappa shape index (κ3) is 2.90. The fraction of sp³-hybridized carbons (Fsp3) is 0.357. The van der Waals surface area contributed by atoms with Crippen molar-refractivity contribution < 1.29 is 5.11 Å². The Morgan fingerprint density at radius 2 is 2.28 bits per heavy atom. The molecule has 4 nitrogen and oxygen atoms in total. The SMILES string of the molecule is CCn1cc(C(CO)Nc2cccc(C)c2)cn1. The molecule has 2 N–H and O–H groups in total. The average Bonchev–Trinajstić information content (AvgIpc) is 2.84. The fourth-order valence-electron chi connectivity index (χ4n) is 1.90. The summed E-state index contributed by atoms with van der Waals surface area (Å²) in [5.74, 6) is 0. The summed E-state index contributed by atoms with van der Waals surface area (Å²) in [4.78, 5) is 0. The maximum atomic E-state index is 9.49. The molecule has 0 saturated carbocycles. The van der Waals surface area contributed by atoms with Crippen molar-refractivity contribution in [3.63, 3.8) is 0 Å². The van der Waals surface area contributed by atoms with Gasteiger partial charge in [-0.15, -0.1) is 0 Å². The quantitative estimate of drug-likeness (QED) is 0.850. The Morgan fingerprint density at radius 1 is 1.44 bits per heavy atom. The smallest absolute Gasteiger partial charge is 0.0775 e. The lowest BCUT2D eigenvalue weighted by Crippen LogP contribution is -2.14. The lowest BCUT2D eigenvalue weighted by molar-refractivity contribution is 0.276. The average molecular weight is 245 g/mol. The summed E-state index contributed by atoms with van der Waals surface area (Å²) in [6.07, 6.45) is 3.76. The molecule has 1 unspecified atom stereocenters. The number of hydrogen-bond donors (Lipinski definition) is 2. The molecule has 0 aliphatic carbocycles. The van der Waals surface area contributed by atoms with Crippen molar-refractivity contribution >= 4 is 5.69 Å². The zero-order chi connectivity index (χ0) is 13.0. The number of rotatable bonds is 5. The first-order valence-corrected chi connectivity index (χ1v) is 6.19. The summed E-state index contributed by atoms with van der Waals surface area (Å²) in [5.41, 5.74) is 3.21. The van der Waals surface area contributed by atoms with Crippen LogP contribution in [-0.2, 0) is 6.54 Å². The molecule has 1 aromatic heterocycles. The molecule has 0 saturated heterocycles. The van der Waals surface area contributed by atoms with Crippen molar-refractivity contribution in [1.29, 1.82) is 0 Å². The molecule has 0 fully saturated rings. The van der Waals surface area contributed by atoms with E-state index in [4.69, 9.17) is 0 Å². The summed E-state index contributed by atoms with van der Waals surface area (Å²) in [7, 11) is 0. The molecule has 18 heavy (non-hydrogen) atoms. The number of anilines is 1. The van der Waals surface area contributed by atoms with Gasteiger partial charge in [0.15, 0.2) is 0 Å². The van der Waals surface area contributed by atoms with Crippen molar-refractivity contribution in [3.05, 3.63) is 47.8 Å². The lowest BCUT2D eigenvalue weighted by atomic mass is 10.1. The zero-order valence-electron chi connectivity index (χ0n) is 10.8. The maximum Gasteiger partial charge on any atom is 0.0775 e. The van der Waals surface area contributed by atoms with E-state index < -0.39 is 0 Å². The van der Waals surface area contributed by atoms with Crippen LogP contribution in [0.3, 0.4) is 0 Å². The molecule has 1 heterocycles. The number of aliphatic hydroxyl groups is 1. The van der Waals surface area contributed by atoms with Crippen LogP contribution in [0.15, 0.2) is 36.7 Å². The highest BCUT2D eigenvalue weighted by atomic mass is 16.3. The monoisotopic (exact) mass is 245 g/mol. The molecule has 0 amide bonds. The van der Waals surface area contributed by atoms with Crippen molar-refractivity contribution in [3.8, 4) is 0 Å². The van der Waals surface area contributed by atoms with Crippen molar-refractivity contribution in [1.82, 2.24) is 9.78 Å². The van der Waals surface area contributed by atoms with Gasteiger partial charge >= 0.3 is 0 Å². The van der Waals surface area contributed by atoms with Crippen LogP contribution in [0.25, 0.3) is 0 Å². The van der Waals surface area contributed by atoms with Gasteiger partial charge in [-0.05, 0) is 31.5 Å². The van der Waals surface area contributed by atoms with Crippen LogP contribution in [0.2, 0.25) is 0 Å². The maximum absolute atomic E-state index is 9.49. The summed E-state index contributed by atoms with van der Waals surface area (Å²) in [6, 6.07) is 8.00. The van der Waals surface area contributed by atoms with E-state index in [1.807, 2.05) is 42.9 Å². The molecule has 0 radical (unpaired) electrons. The predicted molar refractivity (Wildman–Crippen MR) is 72.5 cm³/mol. The van der Waals surface area contributed by atoms with Gasteiger partial charge in [0.1, 0.15) is 0 Å². The molecule has 0 aliphatic rings. The minimum atomic E-state index is -0.118. The van der Waals surface area contributed by atoms with E-state index in [2.05, 4.69) is 16.5 Å². The van der Waals surface area contributed by atoms with Crippen LogP contribution in [0.1, 0.15) is 24.1 Å². The Balaban J connectivity index is 2.14. The minimum Gasteiger partial charge on any atom is -0.394 e. The Kier molecular flexibility index (Phi) is 3.99. The molecule has 2 rings (SSSR count). The Bertz CT molecular complexity index is 507. The summed E-state index contributed by atoms with van der Waals surface area (Å²) < 4.78 is 1.86. The third-order valence-corrected chi connectivity index (χ3v) is 2.92. The number of aromatic nitrogens is 2. The number of nitrogens with one attached hydrogen (secondary N) is 1. The topological polar surface area (TPSA) is 50.1 Å². The first kappa shape index (κ1) is 12.6. The standard InChI is InChI=1S/C14H19N3O/c1-3-17-9-12(8-15-17)14(10-18)16-13-6-4-5-11(2)7-13/h4-9,14,16,18H,3,10H2,1-2H3. The van der Waals surface area contributed by atoms with Gasteiger partial charge in [-0.2, -0.15) is 5.10 Å². The largest absolute Gasteiger partial charge is 0.394 e. The molecule has 96 valence electrons. The lowest BCUT2D eigenvalue weighted by Gasteiger charge is -2.16. The molecular weight excluding hydrogens is 226 g/mol. The van der Waals surface area contributed by atoms with E-state index >= 15 is 0 Å². The molecule has 0 bridgehead atoms. The van der Waals surface area contributed by atoms with Gasteiger partial charge in [-0.1, -0.05) is 12.1 Å². The van der Waals surface area contributed by atoms with E-state index in [1.54, 1.807) is 6.20 Å². The predicted octanol–water partition coefficient (Wildman–Crippen LogP) is 2.36. The summed E-state index contributed by atoms with van der Waals surface area (Å²) in [6.45, 7) is 4.97. The minimum absolute atomic E-state index is 0.0450.